The van der Waals surface area contributed by atoms with E-state index in [0.717, 1.165) is 24.9 Å². The Morgan fingerprint density at radius 2 is 1.69 bits per heavy atom. The van der Waals surface area contributed by atoms with Crippen molar-refractivity contribution in [2.75, 3.05) is 13.1 Å². The van der Waals surface area contributed by atoms with Crippen molar-refractivity contribution in [1.29, 1.82) is 0 Å². The molecule has 0 spiro atoms. The van der Waals surface area contributed by atoms with Crippen molar-refractivity contribution in [3.05, 3.63) is 65.7 Å². The first kappa shape index (κ1) is 32.0. The lowest BCUT2D eigenvalue weighted by Crippen LogP contribution is -2.59. The number of hydrogen-bond acceptors (Lipinski definition) is 6. The number of fused-ring (bicyclic) bond motifs is 1. The maximum absolute atomic E-state index is 13.2. The van der Waals surface area contributed by atoms with Crippen molar-refractivity contribution in [2.45, 2.75) is 94.8 Å². The summed E-state index contributed by atoms with van der Waals surface area (Å²) < 4.78 is 35.2. The van der Waals surface area contributed by atoms with Crippen LogP contribution in [-0.2, 0) is 26.1 Å². The second kappa shape index (κ2) is 13.6. The van der Waals surface area contributed by atoms with Gasteiger partial charge in [0.2, 0.25) is 5.91 Å². The van der Waals surface area contributed by atoms with Crippen LogP contribution in [-0.4, -0.2) is 66.7 Å². The molecule has 0 radical (unpaired) electrons. The topological polar surface area (TPSA) is 125 Å². The highest BCUT2D eigenvalue weighted by Gasteiger charge is 2.44. The van der Waals surface area contributed by atoms with E-state index >= 15 is 0 Å². The highest BCUT2D eigenvalue weighted by Crippen LogP contribution is 2.39. The van der Waals surface area contributed by atoms with Crippen LogP contribution >= 0.6 is 0 Å². The number of rotatable bonds is 6. The number of alkyl carbamates (subject to hydrolysis) is 1. The largest absolute Gasteiger partial charge is 0.443 e. The van der Waals surface area contributed by atoms with Crippen LogP contribution in [0.2, 0.25) is 0 Å². The zero-order valence-electron chi connectivity index (χ0n) is 25.1. The molecule has 42 heavy (non-hydrogen) atoms. The Kier molecular flexibility index (Phi) is 10.3. The number of amides is 2. The molecular weight excluding hydrogens is 554 g/mol. The molecule has 2 amide bonds. The van der Waals surface area contributed by atoms with E-state index < -0.39 is 10.1 Å². The van der Waals surface area contributed by atoms with E-state index in [9.17, 15) is 18.0 Å². The summed E-state index contributed by atoms with van der Waals surface area (Å²) in [4.78, 5) is 27.6. The zero-order chi connectivity index (χ0) is 30.5. The molecule has 0 bridgehead atoms. The third kappa shape index (κ3) is 9.02. The third-order valence-corrected chi connectivity index (χ3v) is 9.21. The summed E-state index contributed by atoms with van der Waals surface area (Å²) in [5.41, 5.74) is 1.87. The molecule has 2 heterocycles. The van der Waals surface area contributed by atoms with Gasteiger partial charge in [0.25, 0.3) is 10.1 Å². The molecule has 5 rings (SSSR count). The Morgan fingerprint density at radius 1 is 1.05 bits per heavy atom. The molecule has 3 N–H and O–H groups in total. The zero-order valence-corrected chi connectivity index (χ0v) is 25.9. The van der Waals surface area contributed by atoms with Gasteiger partial charge in [0.15, 0.2) is 0 Å². The van der Waals surface area contributed by atoms with Gasteiger partial charge in [-0.15, -0.1) is 0 Å². The van der Waals surface area contributed by atoms with Crippen molar-refractivity contribution in [3.63, 3.8) is 0 Å². The number of piperidine rings is 1. The van der Waals surface area contributed by atoms with Crippen molar-refractivity contribution in [1.82, 2.24) is 15.5 Å². The van der Waals surface area contributed by atoms with E-state index in [-0.39, 0.29) is 40.6 Å². The minimum absolute atomic E-state index is 0.0666. The van der Waals surface area contributed by atoms with E-state index in [2.05, 4.69) is 27.7 Å². The SMILES string of the molecule is CC(C)(C)NC(=O)[C@@H]1C[C@@H]2CCCC[C@@H]2CN1C[C@H]1OC(=O)N[C@H]1Cc1ccccc1.Cc1ccc(S(=O)(=O)O)cc1. The van der Waals surface area contributed by atoms with Crippen LogP contribution in [0.5, 0.6) is 0 Å². The number of ether oxygens (including phenoxy) is 1. The summed E-state index contributed by atoms with van der Waals surface area (Å²) in [5.74, 6) is 1.38. The number of hydrogen-bond donors (Lipinski definition) is 3. The number of cyclic esters (lactones) is 1. The molecule has 0 unspecified atom stereocenters. The van der Waals surface area contributed by atoms with Crippen molar-refractivity contribution >= 4 is 22.1 Å². The molecule has 2 aromatic carbocycles. The van der Waals surface area contributed by atoms with Gasteiger partial charge in [0.1, 0.15) is 6.10 Å². The summed E-state index contributed by atoms with van der Waals surface area (Å²) in [6.07, 6.45) is 6.06. The third-order valence-electron chi connectivity index (χ3n) is 8.35. The summed E-state index contributed by atoms with van der Waals surface area (Å²) in [6, 6.07) is 15.9. The lowest BCUT2D eigenvalue weighted by molar-refractivity contribution is -0.132. The molecule has 2 aromatic rings. The van der Waals surface area contributed by atoms with Gasteiger partial charge < -0.3 is 15.4 Å². The molecule has 230 valence electrons. The molecule has 0 aromatic heterocycles. The maximum atomic E-state index is 13.2. The van der Waals surface area contributed by atoms with Crippen LogP contribution in [0.15, 0.2) is 59.5 Å². The number of carbonyl (C=O) groups is 2. The first-order chi connectivity index (χ1) is 19.8. The number of aryl methyl sites for hydroxylation is 1. The average molecular weight is 600 g/mol. The molecule has 5 atom stereocenters. The van der Waals surface area contributed by atoms with Gasteiger partial charge in [-0.1, -0.05) is 67.3 Å². The fourth-order valence-electron chi connectivity index (χ4n) is 6.28. The standard InChI is InChI=1S/C25H37N3O3.C7H8O3S/c1-25(2,3)27-23(29)21-14-18-11-7-8-12-19(18)15-28(21)16-22-20(26-24(30)31-22)13-17-9-5-4-6-10-17;1-6-2-4-7(5-3-6)11(8,9)10/h4-6,9-10,18-22H,7-8,11-16H2,1-3H3,(H,26,30)(H,27,29);2-5H,1H3,(H,8,9,10)/t18-,19+,20-,21-,22+;/m0./s1. The van der Waals surface area contributed by atoms with E-state index in [4.69, 9.17) is 9.29 Å². The van der Waals surface area contributed by atoms with Crippen molar-refractivity contribution < 1.29 is 27.3 Å². The van der Waals surface area contributed by atoms with Gasteiger partial charge in [-0.05, 0) is 76.5 Å². The van der Waals surface area contributed by atoms with Gasteiger partial charge in [-0.25, -0.2) is 4.79 Å². The van der Waals surface area contributed by atoms with Crippen LogP contribution in [0.3, 0.4) is 0 Å². The highest BCUT2D eigenvalue weighted by atomic mass is 32.2. The Balaban J connectivity index is 0.000000310. The number of likely N-dealkylation sites (tertiary alicyclic amines) is 1. The van der Waals surface area contributed by atoms with Gasteiger partial charge in [-0.3, -0.25) is 14.2 Å². The van der Waals surface area contributed by atoms with Crippen LogP contribution in [0, 0.1) is 18.8 Å². The molecule has 1 saturated carbocycles. The lowest BCUT2D eigenvalue weighted by Gasteiger charge is -2.46. The minimum Gasteiger partial charge on any atom is -0.443 e. The average Bonchev–Trinajstić information content (AvgIpc) is 3.26. The van der Waals surface area contributed by atoms with Crippen molar-refractivity contribution in [2.24, 2.45) is 11.8 Å². The number of benzene rings is 2. The quantitative estimate of drug-likeness (QED) is 0.410. The number of nitrogens with zero attached hydrogens (tertiary/aromatic N) is 1. The second-order valence-electron chi connectivity index (χ2n) is 12.9. The Labute approximate surface area is 250 Å². The predicted octanol–water partition coefficient (Wildman–Crippen LogP) is 4.74. The normalized spacial score (nSPS) is 26.2. The molecule has 10 heteroatoms. The van der Waals surface area contributed by atoms with Gasteiger partial charge in [0, 0.05) is 18.6 Å². The van der Waals surface area contributed by atoms with E-state index in [0.29, 0.717) is 18.4 Å². The molecule has 2 aliphatic heterocycles. The second-order valence-corrected chi connectivity index (χ2v) is 14.3. The summed E-state index contributed by atoms with van der Waals surface area (Å²) in [6.45, 7) is 9.44. The van der Waals surface area contributed by atoms with Crippen molar-refractivity contribution in [3.8, 4) is 0 Å². The smallest absolute Gasteiger partial charge is 0.407 e. The summed E-state index contributed by atoms with van der Waals surface area (Å²) in [5, 5.41) is 6.19. The molecule has 2 saturated heterocycles. The van der Waals surface area contributed by atoms with Crippen LogP contribution in [0.1, 0.15) is 64.0 Å². The molecule has 3 fully saturated rings. The monoisotopic (exact) mass is 599 g/mol. The van der Waals surface area contributed by atoms with E-state index in [1.807, 2.05) is 45.9 Å². The molecular formula is C32H45N3O6S. The van der Waals surface area contributed by atoms with Gasteiger partial charge >= 0.3 is 6.09 Å². The first-order valence-electron chi connectivity index (χ1n) is 14.9. The fourth-order valence-corrected chi connectivity index (χ4v) is 6.76. The maximum Gasteiger partial charge on any atom is 0.407 e. The number of carbonyl (C=O) groups excluding carboxylic acids is 2. The molecule has 1 aliphatic carbocycles. The number of nitrogens with one attached hydrogen (secondary N) is 2. The first-order valence-corrected chi connectivity index (χ1v) is 16.3. The van der Waals surface area contributed by atoms with Crippen LogP contribution in [0.25, 0.3) is 0 Å². The highest BCUT2D eigenvalue weighted by molar-refractivity contribution is 7.85. The molecule has 9 nitrogen and oxygen atoms in total. The lowest BCUT2D eigenvalue weighted by atomic mass is 9.72. The van der Waals surface area contributed by atoms with Gasteiger partial charge in [0.05, 0.1) is 17.0 Å². The summed E-state index contributed by atoms with van der Waals surface area (Å²) in [7, 11) is -4.02. The fraction of sp³-hybridized carbons (Fsp3) is 0.562. The van der Waals surface area contributed by atoms with Crippen LogP contribution < -0.4 is 10.6 Å². The summed E-state index contributed by atoms with van der Waals surface area (Å²) >= 11 is 0. The van der Waals surface area contributed by atoms with E-state index in [1.165, 1.54) is 43.4 Å². The predicted molar refractivity (Wildman–Crippen MR) is 162 cm³/mol. The Hall–Kier alpha value is -2.95. The molecule has 3 aliphatic rings. The Bertz CT molecular complexity index is 1310. The van der Waals surface area contributed by atoms with Crippen LogP contribution in [0.4, 0.5) is 4.79 Å². The van der Waals surface area contributed by atoms with Gasteiger partial charge in [-0.2, -0.15) is 8.42 Å². The van der Waals surface area contributed by atoms with E-state index in [1.54, 1.807) is 12.1 Å². The minimum atomic E-state index is -4.02. The Morgan fingerprint density at radius 3 is 2.31 bits per heavy atom.